The number of β-amino-alcohol motifs (C(OH)–C–C–N with tert-alkyl or cyclic N) is 1. The summed E-state index contributed by atoms with van der Waals surface area (Å²) in [5.74, 6) is -1.21. The lowest BCUT2D eigenvalue weighted by atomic mass is 10.2. The minimum atomic E-state index is -4.48. The number of aliphatic hydroxyl groups excluding tert-OH is 1. The molecule has 3 aromatic rings. The number of aromatic nitrogens is 2. The number of amides is 1. The van der Waals surface area contributed by atoms with Crippen LogP contribution in [0.2, 0.25) is 0 Å². The van der Waals surface area contributed by atoms with E-state index >= 15 is 0 Å². The number of carbonyl (C=O) groups excluding carboxylic acids is 1. The lowest BCUT2D eigenvalue weighted by molar-refractivity contribution is -0.137. The Morgan fingerprint density at radius 3 is 2.41 bits per heavy atom. The van der Waals surface area contributed by atoms with Gasteiger partial charge in [0.2, 0.25) is 21.8 Å². The highest BCUT2D eigenvalue weighted by Gasteiger charge is 2.43. The van der Waals surface area contributed by atoms with Crippen molar-refractivity contribution in [1.82, 2.24) is 19.4 Å². The maximum absolute atomic E-state index is 13.2. The zero-order valence-corrected chi connectivity index (χ0v) is 20.1. The van der Waals surface area contributed by atoms with Gasteiger partial charge in [0, 0.05) is 25.7 Å². The largest absolute Gasteiger partial charge is 0.480 e. The van der Waals surface area contributed by atoms with E-state index in [1.807, 2.05) is 0 Å². The molecule has 0 bridgehead atoms. The molecule has 14 heteroatoms. The first-order valence-corrected chi connectivity index (χ1v) is 12.4. The maximum atomic E-state index is 13.2. The molecule has 198 valence electrons. The first-order valence-electron chi connectivity index (χ1n) is 10.9. The number of carbonyl (C=O) groups is 1. The van der Waals surface area contributed by atoms with Crippen molar-refractivity contribution in [2.45, 2.75) is 36.2 Å². The van der Waals surface area contributed by atoms with Crippen LogP contribution in [0.4, 0.5) is 17.6 Å². The number of halogens is 4. The molecule has 0 unspecified atom stereocenters. The van der Waals surface area contributed by atoms with Gasteiger partial charge in [-0.25, -0.2) is 17.5 Å². The Labute approximate surface area is 209 Å². The van der Waals surface area contributed by atoms with Gasteiger partial charge in [-0.05, 0) is 48.5 Å². The molecule has 1 fully saturated rings. The fourth-order valence-electron chi connectivity index (χ4n) is 3.95. The van der Waals surface area contributed by atoms with Crippen LogP contribution in [0.3, 0.4) is 0 Å². The van der Waals surface area contributed by atoms with Crippen LogP contribution < -0.4 is 10.1 Å². The van der Waals surface area contributed by atoms with Crippen LogP contribution in [-0.4, -0.2) is 59.3 Å². The average molecular weight is 543 g/mol. The molecule has 1 aliphatic heterocycles. The van der Waals surface area contributed by atoms with E-state index < -0.39 is 45.6 Å². The van der Waals surface area contributed by atoms with Crippen LogP contribution >= 0.6 is 0 Å². The molecule has 2 N–H and O–H groups in total. The minimum absolute atomic E-state index is 0.0995. The summed E-state index contributed by atoms with van der Waals surface area (Å²) in [4.78, 5) is 12.7. The van der Waals surface area contributed by atoms with Crippen molar-refractivity contribution >= 4 is 15.9 Å². The predicted molar refractivity (Wildman–Crippen MR) is 122 cm³/mol. The number of benzene rings is 2. The van der Waals surface area contributed by atoms with Gasteiger partial charge in [-0.1, -0.05) is 0 Å². The SMILES string of the molecule is COc1nn(-c2ccc(C(F)(F)F)cc2)cc1CNC(=O)[C@@H]1C[C@H](O)CN1S(=O)(=O)c1ccc(F)cc1. The standard InChI is InChI=1S/C23H22F4N4O5S/c1-36-22-14(12-30(29-22)17-6-2-15(3-7-17)23(25,26)27)11-28-21(33)20-10-18(32)13-31(20)37(34,35)19-8-4-16(24)5-9-19/h2-9,12,18,20,32H,10-11,13H2,1H3,(H,28,33)/t18-,20-/m0/s1. The van der Waals surface area contributed by atoms with Crippen molar-refractivity contribution in [1.29, 1.82) is 0 Å². The molecule has 0 radical (unpaired) electrons. The molecule has 2 heterocycles. The summed E-state index contributed by atoms with van der Waals surface area (Å²) in [6.07, 6.45) is -4.25. The van der Waals surface area contributed by atoms with Gasteiger partial charge in [0.05, 0.1) is 34.9 Å². The number of alkyl halides is 3. The van der Waals surface area contributed by atoms with E-state index in [9.17, 15) is 35.9 Å². The molecule has 0 spiro atoms. The van der Waals surface area contributed by atoms with E-state index in [0.29, 0.717) is 11.3 Å². The molecule has 9 nitrogen and oxygen atoms in total. The molecule has 4 rings (SSSR count). The number of hydrogen-bond donors (Lipinski definition) is 2. The number of sulfonamides is 1. The smallest absolute Gasteiger partial charge is 0.416 e. The van der Waals surface area contributed by atoms with Crippen molar-refractivity contribution in [3.63, 3.8) is 0 Å². The third-order valence-corrected chi connectivity index (χ3v) is 7.70. The second kappa shape index (κ2) is 10.1. The zero-order valence-electron chi connectivity index (χ0n) is 19.3. The first kappa shape index (κ1) is 26.6. The summed E-state index contributed by atoms with van der Waals surface area (Å²) in [7, 11) is -2.87. The summed E-state index contributed by atoms with van der Waals surface area (Å²) in [6, 6.07) is 7.17. The van der Waals surface area contributed by atoms with Crippen LogP contribution in [0.25, 0.3) is 5.69 Å². The van der Waals surface area contributed by atoms with Gasteiger partial charge in [0.15, 0.2) is 0 Å². The molecule has 2 aromatic carbocycles. The highest BCUT2D eigenvalue weighted by molar-refractivity contribution is 7.89. The summed E-state index contributed by atoms with van der Waals surface area (Å²) >= 11 is 0. The second-order valence-corrected chi connectivity index (χ2v) is 10.2. The van der Waals surface area contributed by atoms with Gasteiger partial charge >= 0.3 is 6.18 Å². The van der Waals surface area contributed by atoms with Gasteiger partial charge in [-0.15, -0.1) is 5.10 Å². The summed E-state index contributed by atoms with van der Waals surface area (Å²) in [5.41, 5.74) is -0.122. The Balaban J connectivity index is 1.50. The summed E-state index contributed by atoms with van der Waals surface area (Å²) < 4.78 is 85.2. The molecule has 37 heavy (non-hydrogen) atoms. The molecule has 1 amide bonds. The van der Waals surface area contributed by atoms with Crippen molar-refractivity contribution in [2.24, 2.45) is 0 Å². The Bertz CT molecular complexity index is 1380. The fraction of sp³-hybridized carbons (Fsp3) is 0.304. The second-order valence-electron chi connectivity index (χ2n) is 8.30. The number of ether oxygens (including phenoxy) is 1. The Morgan fingerprint density at radius 2 is 1.81 bits per heavy atom. The van der Waals surface area contributed by atoms with Crippen molar-refractivity contribution in [3.8, 4) is 11.6 Å². The molecule has 2 atom stereocenters. The number of hydrogen-bond acceptors (Lipinski definition) is 6. The Kier molecular flexibility index (Phi) is 7.26. The molecule has 1 aliphatic rings. The monoisotopic (exact) mass is 542 g/mol. The molecule has 0 saturated carbocycles. The predicted octanol–water partition coefficient (Wildman–Crippen LogP) is 2.48. The molecular formula is C23H22F4N4O5S. The van der Waals surface area contributed by atoms with E-state index in [0.717, 1.165) is 40.7 Å². The quantitative estimate of drug-likeness (QED) is 0.444. The normalized spacial score (nSPS) is 18.6. The molecule has 1 aromatic heterocycles. The number of nitrogens with one attached hydrogen (secondary N) is 1. The molecule has 0 aliphatic carbocycles. The van der Waals surface area contributed by atoms with Crippen LogP contribution in [-0.2, 0) is 27.5 Å². The van der Waals surface area contributed by atoms with E-state index in [4.69, 9.17) is 4.74 Å². The van der Waals surface area contributed by atoms with Crippen molar-refractivity contribution < 1.29 is 40.6 Å². The third-order valence-electron chi connectivity index (χ3n) is 5.81. The van der Waals surface area contributed by atoms with Gasteiger partial charge in [0.1, 0.15) is 11.9 Å². The summed E-state index contributed by atoms with van der Waals surface area (Å²) in [5, 5.41) is 16.8. The van der Waals surface area contributed by atoms with Crippen LogP contribution in [0.1, 0.15) is 17.5 Å². The highest BCUT2D eigenvalue weighted by Crippen LogP contribution is 2.30. The van der Waals surface area contributed by atoms with Crippen LogP contribution in [0, 0.1) is 5.82 Å². The van der Waals surface area contributed by atoms with E-state index in [-0.39, 0.29) is 30.3 Å². The van der Waals surface area contributed by atoms with Crippen LogP contribution in [0.15, 0.2) is 59.6 Å². The topological polar surface area (TPSA) is 114 Å². The molecular weight excluding hydrogens is 520 g/mol. The highest BCUT2D eigenvalue weighted by atomic mass is 32.2. The first-order chi connectivity index (χ1) is 17.4. The molecule has 1 saturated heterocycles. The lowest BCUT2D eigenvalue weighted by Gasteiger charge is -2.23. The van der Waals surface area contributed by atoms with E-state index in [1.165, 1.54) is 30.1 Å². The maximum Gasteiger partial charge on any atom is 0.416 e. The average Bonchev–Trinajstić information content (AvgIpc) is 3.46. The van der Waals surface area contributed by atoms with Gasteiger partial charge in [-0.3, -0.25) is 4.79 Å². The number of aliphatic hydroxyl groups is 1. The van der Waals surface area contributed by atoms with Gasteiger partial charge < -0.3 is 15.2 Å². The fourth-order valence-corrected chi connectivity index (χ4v) is 5.59. The summed E-state index contributed by atoms with van der Waals surface area (Å²) in [6.45, 7) is -0.452. The number of methoxy groups -OCH3 is 1. The third kappa shape index (κ3) is 5.60. The minimum Gasteiger partial charge on any atom is -0.480 e. The Morgan fingerprint density at radius 1 is 1.16 bits per heavy atom. The number of rotatable bonds is 7. The van der Waals surface area contributed by atoms with Gasteiger partial charge in [-0.2, -0.15) is 17.5 Å². The van der Waals surface area contributed by atoms with Crippen molar-refractivity contribution in [3.05, 3.63) is 71.7 Å². The lowest BCUT2D eigenvalue weighted by Crippen LogP contribution is -2.45. The van der Waals surface area contributed by atoms with E-state index in [1.54, 1.807) is 0 Å². The zero-order chi connectivity index (χ0) is 27.0. The van der Waals surface area contributed by atoms with Gasteiger partial charge in [0.25, 0.3) is 0 Å². The van der Waals surface area contributed by atoms with E-state index in [2.05, 4.69) is 10.4 Å². The van der Waals surface area contributed by atoms with Crippen LogP contribution in [0.5, 0.6) is 5.88 Å². The number of nitrogens with zero attached hydrogens (tertiary/aromatic N) is 3. The van der Waals surface area contributed by atoms with Crippen molar-refractivity contribution in [2.75, 3.05) is 13.7 Å². The Hall–Kier alpha value is -3.49.